The molecular weight excluding hydrogens is 148 g/mol. The van der Waals surface area contributed by atoms with Crippen LogP contribution in [0.2, 0.25) is 0 Å². The monoisotopic (exact) mass is 160 g/mol. The third-order valence-corrected chi connectivity index (χ3v) is 3.21. The summed E-state index contributed by atoms with van der Waals surface area (Å²) >= 11 is 0. The standard InChI is InChI=1S/C11H12O/c1-2-4-9(5-3-1)10-6-7-11(10)8-12-11/h1-5,10H,6-8H2. The van der Waals surface area contributed by atoms with Crippen LogP contribution in [0.1, 0.15) is 24.3 Å². The fourth-order valence-electron chi connectivity index (χ4n) is 2.20. The predicted octanol–water partition coefficient (Wildman–Crippen LogP) is 2.33. The first-order valence-electron chi connectivity index (χ1n) is 4.60. The fourth-order valence-corrected chi connectivity index (χ4v) is 2.20. The second kappa shape index (κ2) is 2.11. The minimum atomic E-state index is 0.293. The zero-order chi connectivity index (χ0) is 8.02. The van der Waals surface area contributed by atoms with Gasteiger partial charge in [-0.3, -0.25) is 0 Å². The number of ether oxygens (including phenoxy) is 1. The lowest BCUT2D eigenvalue weighted by Gasteiger charge is -2.34. The van der Waals surface area contributed by atoms with E-state index < -0.39 is 0 Å². The minimum absolute atomic E-state index is 0.293. The van der Waals surface area contributed by atoms with Crippen molar-refractivity contribution in [2.45, 2.75) is 24.4 Å². The van der Waals surface area contributed by atoms with Crippen LogP contribution in [0.3, 0.4) is 0 Å². The van der Waals surface area contributed by atoms with Gasteiger partial charge in [0.1, 0.15) is 0 Å². The first-order valence-corrected chi connectivity index (χ1v) is 4.60. The molecule has 2 aliphatic rings. The maximum absolute atomic E-state index is 5.50. The van der Waals surface area contributed by atoms with Crippen LogP contribution in [0.4, 0.5) is 0 Å². The van der Waals surface area contributed by atoms with Crippen molar-refractivity contribution in [3.05, 3.63) is 35.9 Å². The molecule has 1 aromatic rings. The molecule has 1 spiro atoms. The average Bonchev–Trinajstić information content (AvgIpc) is 2.85. The molecule has 1 saturated heterocycles. The summed E-state index contributed by atoms with van der Waals surface area (Å²) in [6.07, 6.45) is 2.58. The van der Waals surface area contributed by atoms with Gasteiger partial charge in [-0.1, -0.05) is 30.3 Å². The summed E-state index contributed by atoms with van der Waals surface area (Å²) in [5.41, 5.74) is 1.75. The van der Waals surface area contributed by atoms with Gasteiger partial charge >= 0.3 is 0 Å². The molecule has 12 heavy (non-hydrogen) atoms. The van der Waals surface area contributed by atoms with Gasteiger partial charge in [-0.15, -0.1) is 0 Å². The van der Waals surface area contributed by atoms with Crippen LogP contribution >= 0.6 is 0 Å². The molecule has 0 amide bonds. The molecule has 3 rings (SSSR count). The van der Waals surface area contributed by atoms with Crippen molar-refractivity contribution in [3.63, 3.8) is 0 Å². The summed E-state index contributed by atoms with van der Waals surface area (Å²) in [6.45, 7) is 0.993. The van der Waals surface area contributed by atoms with Crippen molar-refractivity contribution < 1.29 is 4.74 Å². The van der Waals surface area contributed by atoms with Gasteiger partial charge < -0.3 is 4.74 Å². The van der Waals surface area contributed by atoms with Crippen LogP contribution in [0.25, 0.3) is 0 Å². The van der Waals surface area contributed by atoms with Crippen molar-refractivity contribution in [1.82, 2.24) is 0 Å². The highest BCUT2D eigenvalue weighted by atomic mass is 16.6. The minimum Gasteiger partial charge on any atom is -0.369 e. The molecule has 0 bridgehead atoms. The van der Waals surface area contributed by atoms with Gasteiger partial charge in [0.05, 0.1) is 12.2 Å². The lowest BCUT2D eigenvalue weighted by Crippen LogP contribution is -2.32. The Morgan fingerprint density at radius 3 is 2.50 bits per heavy atom. The summed E-state index contributed by atoms with van der Waals surface area (Å²) in [7, 11) is 0. The van der Waals surface area contributed by atoms with E-state index in [9.17, 15) is 0 Å². The highest BCUT2D eigenvalue weighted by Crippen LogP contribution is 2.56. The second-order valence-electron chi connectivity index (χ2n) is 3.86. The number of rotatable bonds is 1. The SMILES string of the molecule is c1ccc(C2CCC23CO3)cc1. The smallest absolute Gasteiger partial charge is 0.0984 e. The van der Waals surface area contributed by atoms with Crippen LogP contribution < -0.4 is 0 Å². The van der Waals surface area contributed by atoms with Crippen molar-refractivity contribution in [2.75, 3.05) is 6.61 Å². The fraction of sp³-hybridized carbons (Fsp3) is 0.455. The predicted molar refractivity (Wildman–Crippen MR) is 47.1 cm³/mol. The molecule has 1 heteroatoms. The lowest BCUT2D eigenvalue weighted by molar-refractivity contribution is 0.162. The van der Waals surface area contributed by atoms with E-state index in [1.54, 1.807) is 0 Å². The third kappa shape index (κ3) is 0.774. The van der Waals surface area contributed by atoms with E-state index in [4.69, 9.17) is 4.74 Å². The Kier molecular flexibility index (Phi) is 1.17. The molecule has 1 nitrogen and oxygen atoms in total. The summed E-state index contributed by atoms with van der Waals surface area (Å²) in [5.74, 6) is 0.693. The maximum atomic E-state index is 5.50. The molecule has 62 valence electrons. The molecule has 2 fully saturated rings. The number of benzene rings is 1. The van der Waals surface area contributed by atoms with Gasteiger partial charge in [-0.2, -0.15) is 0 Å². The maximum Gasteiger partial charge on any atom is 0.0984 e. The van der Waals surface area contributed by atoms with E-state index in [-0.39, 0.29) is 0 Å². The summed E-state index contributed by atoms with van der Waals surface area (Å²) in [4.78, 5) is 0. The van der Waals surface area contributed by atoms with Crippen molar-refractivity contribution in [1.29, 1.82) is 0 Å². The molecule has 0 aromatic heterocycles. The van der Waals surface area contributed by atoms with E-state index in [1.807, 2.05) is 0 Å². The second-order valence-corrected chi connectivity index (χ2v) is 3.86. The van der Waals surface area contributed by atoms with Crippen molar-refractivity contribution in [2.24, 2.45) is 0 Å². The summed E-state index contributed by atoms with van der Waals surface area (Å²) in [5, 5.41) is 0. The molecule has 1 aromatic carbocycles. The lowest BCUT2D eigenvalue weighted by atomic mass is 9.70. The quantitative estimate of drug-likeness (QED) is 0.574. The van der Waals surface area contributed by atoms with E-state index >= 15 is 0 Å². The highest BCUT2D eigenvalue weighted by Gasteiger charge is 2.58. The molecule has 1 aliphatic carbocycles. The van der Waals surface area contributed by atoms with Gasteiger partial charge in [0.15, 0.2) is 0 Å². The van der Waals surface area contributed by atoms with E-state index in [0.29, 0.717) is 11.5 Å². The van der Waals surface area contributed by atoms with E-state index in [1.165, 1.54) is 18.4 Å². The zero-order valence-corrected chi connectivity index (χ0v) is 6.99. The van der Waals surface area contributed by atoms with Gasteiger partial charge in [0.2, 0.25) is 0 Å². The Morgan fingerprint density at radius 2 is 2.00 bits per heavy atom. The summed E-state index contributed by atoms with van der Waals surface area (Å²) < 4.78 is 5.50. The van der Waals surface area contributed by atoms with Crippen molar-refractivity contribution in [3.8, 4) is 0 Å². The number of hydrogen-bond acceptors (Lipinski definition) is 1. The Bertz CT molecular complexity index is 287. The molecule has 0 radical (unpaired) electrons. The zero-order valence-electron chi connectivity index (χ0n) is 6.99. The van der Waals surface area contributed by atoms with Gasteiger partial charge in [0.25, 0.3) is 0 Å². The Hall–Kier alpha value is -0.820. The highest BCUT2D eigenvalue weighted by molar-refractivity contribution is 5.29. The first kappa shape index (κ1) is 6.67. The summed E-state index contributed by atoms with van der Waals surface area (Å²) in [6, 6.07) is 10.7. The van der Waals surface area contributed by atoms with E-state index in [0.717, 1.165) is 6.61 Å². The Morgan fingerprint density at radius 1 is 1.25 bits per heavy atom. The van der Waals surface area contributed by atoms with E-state index in [2.05, 4.69) is 30.3 Å². The van der Waals surface area contributed by atoms with Crippen LogP contribution in [0.5, 0.6) is 0 Å². The topological polar surface area (TPSA) is 12.5 Å². The largest absolute Gasteiger partial charge is 0.369 e. The van der Waals surface area contributed by atoms with Gasteiger partial charge in [-0.05, 0) is 18.4 Å². The molecular formula is C11H12O. The molecule has 2 atom stereocenters. The van der Waals surface area contributed by atoms with Crippen LogP contribution in [0.15, 0.2) is 30.3 Å². The van der Waals surface area contributed by atoms with Gasteiger partial charge in [0, 0.05) is 5.92 Å². The molecule has 2 unspecified atom stereocenters. The van der Waals surface area contributed by atoms with Gasteiger partial charge in [-0.25, -0.2) is 0 Å². The Labute approximate surface area is 72.4 Å². The molecule has 1 saturated carbocycles. The molecule has 1 aliphatic heterocycles. The van der Waals surface area contributed by atoms with Crippen LogP contribution in [-0.2, 0) is 4.74 Å². The van der Waals surface area contributed by atoms with Crippen molar-refractivity contribution >= 4 is 0 Å². The Balaban J connectivity index is 1.90. The number of epoxide rings is 1. The number of hydrogen-bond donors (Lipinski definition) is 0. The first-order chi connectivity index (χ1) is 5.91. The molecule has 1 heterocycles. The third-order valence-electron chi connectivity index (χ3n) is 3.21. The normalized spacial score (nSPS) is 37.8. The van der Waals surface area contributed by atoms with Crippen LogP contribution in [0, 0.1) is 0 Å². The molecule has 0 N–H and O–H groups in total. The average molecular weight is 160 g/mol. The van der Waals surface area contributed by atoms with Crippen LogP contribution in [-0.4, -0.2) is 12.2 Å².